The number of rotatable bonds is 10. The van der Waals surface area contributed by atoms with Crippen molar-refractivity contribution in [2.45, 2.75) is 218 Å². The molecule has 5 aliphatic rings. The largest absolute Gasteiger partial charge is 0.417 e. The minimum absolute atomic E-state index is 0.0329. The first-order chi connectivity index (χ1) is 45.5. The molecule has 5 fully saturated rings. The number of carbonyl (C=O) groups is 12. The topological polar surface area (TPSA) is 270 Å². The second-order valence-electron chi connectivity index (χ2n) is 28.6. The zero-order valence-electron chi connectivity index (χ0n) is 59.2. The normalized spacial score (nSPS) is 26.3. The Hall–Kier alpha value is -7.06. The van der Waals surface area contributed by atoms with Gasteiger partial charge in [-0.3, -0.25) is 57.5 Å². The number of carbonyl (C=O) groups excluding carboxylic acids is 12. The number of alkyl halides is 3. The number of nitrogens with zero attached hydrogens (tertiary/aromatic N) is 9. The average Bonchev–Trinajstić information content (AvgIpc) is 1.76. The number of nitrogens with one attached hydrogen (secondary N) is 3. The monoisotopic (exact) mass is 1390 g/mol. The molecule has 1 aromatic carbocycles. The zero-order valence-corrected chi connectivity index (χ0v) is 60.0. The summed E-state index contributed by atoms with van der Waals surface area (Å²) in [5.41, 5.74) is -2.35. The van der Waals surface area contributed by atoms with Gasteiger partial charge in [0.15, 0.2) is 0 Å². The maximum Gasteiger partial charge on any atom is 0.417 e. The summed E-state index contributed by atoms with van der Waals surface area (Å²) < 4.78 is 41.4. The van der Waals surface area contributed by atoms with E-state index >= 15 is 28.8 Å². The van der Waals surface area contributed by atoms with E-state index in [-0.39, 0.29) is 51.0 Å². The molecule has 6 rings (SSSR count). The van der Waals surface area contributed by atoms with Gasteiger partial charge in [-0.25, -0.2) is 0 Å². The summed E-state index contributed by atoms with van der Waals surface area (Å²) in [6.07, 6.45) is 2.49. The molecule has 3 N–H and O–H groups in total. The fraction of sp³-hybridized carbons (Fsp3) is 0.739. The highest BCUT2D eigenvalue weighted by Gasteiger charge is 2.51. The van der Waals surface area contributed by atoms with Gasteiger partial charge in [-0.1, -0.05) is 97.7 Å². The third-order valence-electron chi connectivity index (χ3n) is 20.6. The minimum Gasteiger partial charge on any atom is -0.343 e. The summed E-state index contributed by atoms with van der Waals surface area (Å²) in [7, 11) is 9.83. The number of amides is 12. The van der Waals surface area contributed by atoms with Crippen LogP contribution in [-0.2, 0) is 70.1 Å². The molecule has 24 nitrogen and oxygen atoms in total. The van der Waals surface area contributed by atoms with E-state index in [4.69, 9.17) is 11.6 Å². The molecule has 0 radical (unpaired) electrons. The molecule has 0 aromatic heterocycles. The van der Waals surface area contributed by atoms with E-state index in [9.17, 15) is 41.9 Å². The first-order valence-electron chi connectivity index (χ1n) is 34.7. The van der Waals surface area contributed by atoms with Crippen molar-refractivity contribution in [2.24, 2.45) is 23.7 Å². The molecule has 1 spiro atoms. The quantitative estimate of drug-likeness (QED) is 0.276. The molecule has 3 saturated heterocycles. The summed E-state index contributed by atoms with van der Waals surface area (Å²) in [4.78, 5) is 189. The highest BCUT2D eigenvalue weighted by molar-refractivity contribution is 6.31. The molecule has 2 aliphatic carbocycles. The Morgan fingerprint density at radius 1 is 0.639 bits per heavy atom. The lowest BCUT2D eigenvalue weighted by atomic mass is 9.81. The predicted octanol–water partition coefficient (Wildman–Crippen LogP) is 5.11. The van der Waals surface area contributed by atoms with E-state index in [0.717, 1.165) is 57.4 Å². The average molecular weight is 1390 g/mol. The van der Waals surface area contributed by atoms with Gasteiger partial charge in [0.2, 0.25) is 70.9 Å². The summed E-state index contributed by atoms with van der Waals surface area (Å²) in [5, 5.41) is 8.10. The van der Waals surface area contributed by atoms with E-state index in [1.54, 1.807) is 25.7 Å². The van der Waals surface area contributed by atoms with E-state index < -0.39 is 179 Å². The van der Waals surface area contributed by atoms with E-state index in [1.807, 2.05) is 20.8 Å². The van der Waals surface area contributed by atoms with Gasteiger partial charge in [-0.15, -0.1) is 0 Å². The lowest BCUT2D eigenvalue weighted by molar-refractivity contribution is -0.157. The van der Waals surface area contributed by atoms with Crippen LogP contribution in [0.3, 0.4) is 0 Å². The van der Waals surface area contributed by atoms with Crippen LogP contribution in [-0.4, -0.2) is 251 Å². The van der Waals surface area contributed by atoms with Crippen molar-refractivity contribution in [2.75, 3.05) is 88.6 Å². The standard InChI is InChI=1S/C69H106ClF3N12O12/c1-14-44(6)57-64(94)79(9)40-55(88)77(7)41-56(89)82(12)58(43(4)5)65(95)78(8)39-53(86)74-49(30-28-45-27-29-47(48(70)37-45)69(71,72)73)62(92)85-35-23-26-50(85)61(91)76-68(31-19-20-32-68)67(97)83(13)59(46-24-17-15-18-25-46)66(96)81(11)52(63(93)84-33-21-16-22-34-84)38-54(87)80(10)51(36-42(2)3)60(90)75-57/h27,29,37,42-44,46,49-52,57-59H,14-26,28,30-36,38-41H2,1-13H3,(H,74,86)(H,75,90)(H,76,91)/t44-,49-,50-,51-,52-,57-,58-,59-/m0/s1. The van der Waals surface area contributed by atoms with Crippen LogP contribution in [0.2, 0.25) is 5.02 Å². The van der Waals surface area contributed by atoms with Crippen LogP contribution in [0.15, 0.2) is 18.2 Å². The fourth-order valence-corrected chi connectivity index (χ4v) is 14.8. The van der Waals surface area contributed by atoms with Crippen LogP contribution in [0.4, 0.5) is 13.2 Å². The summed E-state index contributed by atoms with van der Waals surface area (Å²) in [6.45, 7) is 9.71. The Balaban J connectivity index is 1.43. The molecule has 2 saturated carbocycles. The number of hydrogen-bond acceptors (Lipinski definition) is 12. The van der Waals surface area contributed by atoms with E-state index in [0.29, 0.717) is 70.0 Å². The Labute approximate surface area is 575 Å². The van der Waals surface area contributed by atoms with Crippen molar-refractivity contribution in [1.29, 1.82) is 0 Å². The summed E-state index contributed by atoms with van der Waals surface area (Å²) >= 11 is 6.13. The van der Waals surface area contributed by atoms with Crippen molar-refractivity contribution < 1.29 is 70.7 Å². The van der Waals surface area contributed by atoms with Crippen molar-refractivity contribution in [3.63, 3.8) is 0 Å². The summed E-state index contributed by atoms with van der Waals surface area (Å²) in [6, 6.07) is -5.64. The highest BCUT2D eigenvalue weighted by Crippen LogP contribution is 2.38. The Morgan fingerprint density at radius 3 is 1.84 bits per heavy atom. The van der Waals surface area contributed by atoms with Crippen LogP contribution in [0.5, 0.6) is 0 Å². The SMILES string of the molecule is CC[C@H](C)[C@@H]1NC(=O)[C@H](CC(C)C)N(C)C(=O)C[C@@H](C(=O)N2CCCCC2)N(C)C(=O)[C@H](C2CCCCC2)N(C)C(=O)C2(CCCC2)NC(=O)[C@@H]2CCCN2C(=O)[C@H](CCc2ccc(C(F)(F)F)c(Cl)c2)NC(=O)CN(C)C(=O)[C@H](C(C)C)N(C)C(=O)CN(C)C(=O)CN(C)C1=O. The number of fused-ring (bicyclic) bond motifs is 1. The van der Waals surface area contributed by atoms with Gasteiger partial charge in [-0.05, 0) is 118 Å². The number of hydrogen-bond donors (Lipinski definition) is 3. The van der Waals surface area contributed by atoms with Crippen molar-refractivity contribution in [3.8, 4) is 0 Å². The van der Waals surface area contributed by atoms with Crippen LogP contribution in [0, 0.1) is 23.7 Å². The molecule has 28 heteroatoms. The van der Waals surface area contributed by atoms with Crippen LogP contribution in [0.25, 0.3) is 0 Å². The van der Waals surface area contributed by atoms with Gasteiger partial charge in [0.25, 0.3) is 0 Å². The van der Waals surface area contributed by atoms with E-state index in [1.165, 1.54) is 75.0 Å². The zero-order chi connectivity index (χ0) is 72.1. The third-order valence-corrected chi connectivity index (χ3v) is 20.9. The van der Waals surface area contributed by atoms with E-state index in [2.05, 4.69) is 16.0 Å². The van der Waals surface area contributed by atoms with Gasteiger partial charge in [0, 0.05) is 69.0 Å². The Morgan fingerprint density at radius 2 is 1.25 bits per heavy atom. The molecule has 97 heavy (non-hydrogen) atoms. The van der Waals surface area contributed by atoms with Crippen LogP contribution in [0.1, 0.15) is 168 Å². The predicted molar refractivity (Wildman–Crippen MR) is 357 cm³/mol. The van der Waals surface area contributed by atoms with Gasteiger partial charge in [0.05, 0.1) is 36.6 Å². The first kappa shape index (κ1) is 78.9. The molecular weight excluding hydrogens is 1280 g/mol. The molecular formula is C69H106ClF3N12O12. The lowest BCUT2D eigenvalue weighted by Crippen LogP contribution is -2.65. The molecule has 8 atom stereocenters. The minimum atomic E-state index is -4.76. The number of benzene rings is 1. The van der Waals surface area contributed by atoms with Crippen molar-refractivity contribution >= 4 is 82.5 Å². The van der Waals surface area contributed by atoms with Crippen molar-refractivity contribution in [3.05, 3.63) is 34.3 Å². The maximum atomic E-state index is 15.8. The highest BCUT2D eigenvalue weighted by atomic mass is 35.5. The summed E-state index contributed by atoms with van der Waals surface area (Å²) in [5.74, 6) is -9.49. The van der Waals surface area contributed by atoms with Gasteiger partial charge >= 0.3 is 6.18 Å². The molecule has 3 heterocycles. The van der Waals surface area contributed by atoms with Gasteiger partial charge in [-0.2, -0.15) is 13.2 Å². The maximum absolute atomic E-state index is 15.8. The number of likely N-dealkylation sites (N-methyl/N-ethyl adjacent to an activating group) is 7. The molecule has 1 aromatic rings. The third kappa shape index (κ3) is 19.7. The molecule has 3 aliphatic heterocycles. The van der Waals surface area contributed by atoms with Gasteiger partial charge < -0.3 is 60.0 Å². The molecule has 0 bridgehead atoms. The van der Waals surface area contributed by atoms with Crippen LogP contribution >= 0.6 is 11.6 Å². The first-order valence-corrected chi connectivity index (χ1v) is 35.1. The van der Waals surface area contributed by atoms with Gasteiger partial charge in [0.1, 0.15) is 47.8 Å². The molecule has 0 unspecified atom stereocenters. The molecule has 542 valence electrons. The number of piperidine rings is 1. The smallest absolute Gasteiger partial charge is 0.343 e. The Bertz CT molecular complexity index is 3030. The van der Waals surface area contributed by atoms with Crippen molar-refractivity contribution in [1.82, 2.24) is 60.0 Å². The lowest BCUT2D eigenvalue weighted by Gasteiger charge is -2.43. The molecule has 12 amide bonds. The number of likely N-dealkylation sites (tertiary alicyclic amines) is 1. The second-order valence-corrected chi connectivity index (χ2v) is 29.0. The fourth-order valence-electron chi connectivity index (χ4n) is 14.5. The Kier molecular flexibility index (Phi) is 28.2. The van der Waals surface area contributed by atoms with Crippen LogP contribution < -0.4 is 16.0 Å². The number of aryl methyl sites for hydroxylation is 1. The second kappa shape index (κ2) is 34.6. The number of halogens is 4.